The van der Waals surface area contributed by atoms with Gasteiger partial charge in [-0.3, -0.25) is 4.79 Å². The second-order valence-electron chi connectivity index (χ2n) is 4.55. The predicted molar refractivity (Wildman–Crippen MR) is 68.7 cm³/mol. The molecule has 1 unspecified atom stereocenters. The number of fused-ring (bicyclic) bond motifs is 1. The van der Waals surface area contributed by atoms with E-state index in [9.17, 15) is 4.79 Å². The van der Waals surface area contributed by atoms with Gasteiger partial charge in [-0.1, -0.05) is 0 Å². The Morgan fingerprint density at radius 1 is 1.56 bits per heavy atom. The normalized spacial score (nSPS) is 19.4. The number of nitrogens with one attached hydrogen (secondary N) is 1. The Hall–Kier alpha value is -2.11. The summed E-state index contributed by atoms with van der Waals surface area (Å²) in [5, 5.41) is 6.90. The molecule has 18 heavy (non-hydrogen) atoms. The molecule has 1 aliphatic heterocycles. The molecule has 0 saturated carbocycles. The van der Waals surface area contributed by atoms with Crippen molar-refractivity contribution in [3.8, 4) is 0 Å². The molecule has 6 nitrogen and oxygen atoms in total. The first kappa shape index (κ1) is 11.0. The van der Waals surface area contributed by atoms with Crippen molar-refractivity contribution < 1.29 is 4.79 Å². The van der Waals surface area contributed by atoms with E-state index in [4.69, 9.17) is 0 Å². The smallest absolute Gasteiger partial charge is 0.212 e. The SMILES string of the molecule is CC1CCCN1c1cc(NC=O)nc2ccnn12. The van der Waals surface area contributed by atoms with Crippen molar-refractivity contribution in [2.75, 3.05) is 16.8 Å². The minimum Gasteiger partial charge on any atom is -0.354 e. The molecular weight excluding hydrogens is 230 g/mol. The van der Waals surface area contributed by atoms with Crippen molar-refractivity contribution in [2.45, 2.75) is 25.8 Å². The second kappa shape index (κ2) is 4.29. The zero-order valence-electron chi connectivity index (χ0n) is 10.2. The maximum atomic E-state index is 10.6. The average molecular weight is 245 g/mol. The molecule has 0 radical (unpaired) electrons. The maximum Gasteiger partial charge on any atom is 0.212 e. The van der Waals surface area contributed by atoms with Crippen LogP contribution in [0.3, 0.4) is 0 Å². The molecule has 0 spiro atoms. The minimum absolute atomic E-state index is 0.490. The van der Waals surface area contributed by atoms with Crippen LogP contribution in [0, 0.1) is 0 Å². The Morgan fingerprint density at radius 2 is 2.44 bits per heavy atom. The monoisotopic (exact) mass is 245 g/mol. The molecule has 3 rings (SSSR count). The standard InChI is InChI=1S/C12H15N5O/c1-9-3-2-6-16(9)12-7-10(13-8-18)15-11-4-5-14-17(11)12/h4-5,7-9H,2-3,6H2,1H3,(H,13,15,18). The van der Waals surface area contributed by atoms with Gasteiger partial charge in [0.15, 0.2) is 5.65 Å². The summed E-state index contributed by atoms with van der Waals surface area (Å²) in [4.78, 5) is 17.2. The molecule has 1 saturated heterocycles. The summed E-state index contributed by atoms with van der Waals surface area (Å²) in [5.41, 5.74) is 0.746. The van der Waals surface area contributed by atoms with Gasteiger partial charge in [-0.25, -0.2) is 4.98 Å². The van der Waals surface area contributed by atoms with E-state index in [-0.39, 0.29) is 0 Å². The number of nitrogens with zero attached hydrogens (tertiary/aromatic N) is 4. The van der Waals surface area contributed by atoms with Gasteiger partial charge in [0, 0.05) is 24.7 Å². The van der Waals surface area contributed by atoms with E-state index in [1.165, 1.54) is 12.8 Å². The number of carbonyl (C=O) groups is 1. The zero-order chi connectivity index (χ0) is 12.5. The third kappa shape index (κ3) is 1.70. The maximum absolute atomic E-state index is 10.6. The number of rotatable bonds is 3. The number of hydrogen-bond acceptors (Lipinski definition) is 4. The highest BCUT2D eigenvalue weighted by atomic mass is 16.1. The Balaban J connectivity index is 2.12. The van der Waals surface area contributed by atoms with E-state index in [1.807, 2.05) is 16.6 Å². The topological polar surface area (TPSA) is 62.5 Å². The Labute approximate surface area is 105 Å². The molecule has 1 fully saturated rings. The fourth-order valence-electron chi connectivity index (χ4n) is 2.51. The van der Waals surface area contributed by atoms with Crippen LogP contribution >= 0.6 is 0 Å². The number of carbonyl (C=O) groups excluding carboxylic acids is 1. The molecule has 94 valence electrons. The number of amides is 1. The molecule has 1 atom stereocenters. The van der Waals surface area contributed by atoms with Crippen LogP contribution in [0.15, 0.2) is 18.3 Å². The van der Waals surface area contributed by atoms with Gasteiger partial charge in [-0.15, -0.1) is 0 Å². The van der Waals surface area contributed by atoms with Crippen LogP contribution in [0.1, 0.15) is 19.8 Å². The Morgan fingerprint density at radius 3 is 3.17 bits per heavy atom. The van der Waals surface area contributed by atoms with E-state index in [0.717, 1.165) is 18.0 Å². The molecule has 0 bridgehead atoms. The van der Waals surface area contributed by atoms with Crippen LogP contribution in [0.5, 0.6) is 0 Å². The molecule has 2 aromatic heterocycles. The molecule has 0 aromatic carbocycles. The number of aromatic nitrogens is 3. The molecular formula is C12H15N5O. The fraction of sp³-hybridized carbons (Fsp3) is 0.417. The van der Waals surface area contributed by atoms with Gasteiger partial charge in [-0.05, 0) is 19.8 Å². The summed E-state index contributed by atoms with van der Waals surface area (Å²) in [7, 11) is 0. The summed E-state index contributed by atoms with van der Waals surface area (Å²) < 4.78 is 1.82. The van der Waals surface area contributed by atoms with Crippen LogP contribution < -0.4 is 10.2 Å². The lowest BCUT2D eigenvalue weighted by molar-refractivity contribution is -0.105. The van der Waals surface area contributed by atoms with Gasteiger partial charge in [0.25, 0.3) is 0 Å². The van der Waals surface area contributed by atoms with Gasteiger partial charge in [-0.2, -0.15) is 9.61 Å². The first-order valence-electron chi connectivity index (χ1n) is 6.11. The summed E-state index contributed by atoms with van der Waals surface area (Å²) in [6.45, 7) is 3.22. The van der Waals surface area contributed by atoms with Gasteiger partial charge in [0.2, 0.25) is 6.41 Å². The summed E-state index contributed by atoms with van der Waals surface area (Å²) in [6, 6.07) is 4.19. The zero-order valence-corrected chi connectivity index (χ0v) is 10.2. The van der Waals surface area contributed by atoms with E-state index in [2.05, 4.69) is 27.2 Å². The van der Waals surface area contributed by atoms with Gasteiger partial charge < -0.3 is 10.2 Å². The van der Waals surface area contributed by atoms with E-state index in [0.29, 0.717) is 18.3 Å². The molecule has 1 amide bonds. The molecule has 1 N–H and O–H groups in total. The van der Waals surface area contributed by atoms with Gasteiger partial charge in [0.1, 0.15) is 11.6 Å². The second-order valence-corrected chi connectivity index (χ2v) is 4.55. The highest BCUT2D eigenvalue weighted by Crippen LogP contribution is 2.27. The third-order valence-electron chi connectivity index (χ3n) is 3.39. The van der Waals surface area contributed by atoms with Crippen LogP contribution in [0.2, 0.25) is 0 Å². The summed E-state index contributed by atoms with van der Waals surface area (Å²) in [5.74, 6) is 1.55. The van der Waals surface area contributed by atoms with Crippen molar-refractivity contribution in [1.29, 1.82) is 0 Å². The first-order chi connectivity index (χ1) is 8.79. The van der Waals surface area contributed by atoms with Gasteiger partial charge >= 0.3 is 0 Å². The van der Waals surface area contributed by atoms with E-state index >= 15 is 0 Å². The van der Waals surface area contributed by atoms with Crippen molar-refractivity contribution in [3.05, 3.63) is 18.3 Å². The highest BCUT2D eigenvalue weighted by molar-refractivity contribution is 5.72. The lowest BCUT2D eigenvalue weighted by atomic mass is 10.2. The quantitative estimate of drug-likeness (QED) is 0.828. The Bertz CT molecular complexity index is 579. The van der Waals surface area contributed by atoms with Crippen molar-refractivity contribution in [3.63, 3.8) is 0 Å². The lowest BCUT2D eigenvalue weighted by Crippen LogP contribution is -2.28. The van der Waals surface area contributed by atoms with E-state index < -0.39 is 0 Å². The molecule has 6 heteroatoms. The van der Waals surface area contributed by atoms with Crippen molar-refractivity contribution >= 4 is 23.7 Å². The highest BCUT2D eigenvalue weighted by Gasteiger charge is 2.23. The van der Waals surface area contributed by atoms with Crippen LogP contribution in [-0.4, -0.2) is 33.6 Å². The molecule has 2 aromatic rings. The summed E-state index contributed by atoms with van der Waals surface area (Å²) >= 11 is 0. The Kier molecular flexibility index (Phi) is 2.62. The third-order valence-corrected chi connectivity index (χ3v) is 3.39. The fourth-order valence-corrected chi connectivity index (χ4v) is 2.51. The first-order valence-corrected chi connectivity index (χ1v) is 6.11. The molecule has 1 aliphatic rings. The van der Waals surface area contributed by atoms with Crippen LogP contribution in [0.4, 0.5) is 11.6 Å². The van der Waals surface area contributed by atoms with Crippen molar-refractivity contribution in [2.24, 2.45) is 0 Å². The van der Waals surface area contributed by atoms with Crippen LogP contribution in [-0.2, 0) is 4.79 Å². The van der Waals surface area contributed by atoms with Crippen molar-refractivity contribution in [1.82, 2.24) is 14.6 Å². The minimum atomic E-state index is 0.490. The molecule has 3 heterocycles. The predicted octanol–water partition coefficient (Wildman–Crippen LogP) is 1.29. The van der Waals surface area contributed by atoms with Gasteiger partial charge in [0.05, 0.1) is 6.20 Å². The number of hydrogen-bond donors (Lipinski definition) is 1. The largest absolute Gasteiger partial charge is 0.354 e. The summed E-state index contributed by atoms with van der Waals surface area (Å²) in [6.07, 6.45) is 4.73. The average Bonchev–Trinajstić information content (AvgIpc) is 2.97. The lowest BCUT2D eigenvalue weighted by Gasteiger charge is -2.24. The molecule has 0 aliphatic carbocycles. The van der Waals surface area contributed by atoms with Crippen LogP contribution in [0.25, 0.3) is 5.65 Å². The number of anilines is 2. The van der Waals surface area contributed by atoms with E-state index in [1.54, 1.807) is 6.20 Å².